The molecule has 2 heterocycles. The second-order valence-electron chi connectivity index (χ2n) is 9.43. The molecular weight excluding hydrogens is 593 g/mol. The van der Waals surface area contributed by atoms with Gasteiger partial charge in [-0.1, -0.05) is 47.5 Å². The number of halogens is 2. The van der Waals surface area contributed by atoms with Gasteiger partial charge in [-0.3, -0.25) is 4.79 Å². The molecule has 0 radical (unpaired) electrons. The van der Waals surface area contributed by atoms with Crippen LogP contribution in [0.25, 0.3) is 33.5 Å². The van der Waals surface area contributed by atoms with Gasteiger partial charge in [-0.2, -0.15) is 9.78 Å². The van der Waals surface area contributed by atoms with Crippen LogP contribution in [0.2, 0.25) is 10.0 Å². The van der Waals surface area contributed by atoms with Crippen molar-refractivity contribution in [3.63, 3.8) is 0 Å². The number of ether oxygens (including phenoxy) is 2. The maximum atomic E-state index is 13.7. The third-order valence-electron chi connectivity index (χ3n) is 6.59. The van der Waals surface area contributed by atoms with E-state index in [0.717, 1.165) is 10.1 Å². The summed E-state index contributed by atoms with van der Waals surface area (Å²) in [6.07, 6.45) is 1.41. The molecule has 0 amide bonds. The van der Waals surface area contributed by atoms with E-state index in [0.29, 0.717) is 49.2 Å². The number of methoxy groups -OCH3 is 1. The smallest absolute Gasteiger partial charge is 0.335 e. The number of fused-ring (bicyclic) bond motifs is 2. The van der Waals surface area contributed by atoms with Crippen LogP contribution in [0.1, 0.15) is 21.5 Å². The van der Waals surface area contributed by atoms with E-state index in [9.17, 15) is 14.7 Å². The van der Waals surface area contributed by atoms with E-state index >= 15 is 0 Å². The van der Waals surface area contributed by atoms with Crippen molar-refractivity contribution in [2.45, 2.75) is 6.61 Å². The number of para-hydroxylation sites is 1. The molecule has 0 aliphatic carbocycles. The zero-order valence-corrected chi connectivity index (χ0v) is 24.0. The highest BCUT2D eigenvalue weighted by atomic mass is 35.5. The van der Waals surface area contributed by atoms with Crippen LogP contribution in [0.5, 0.6) is 11.5 Å². The number of carboxylic acid groups (broad SMARTS) is 1. The Bertz CT molecular complexity index is 2120. The second-order valence-corrected chi connectivity index (χ2v) is 10.3. The Kier molecular flexibility index (Phi) is 7.58. The van der Waals surface area contributed by atoms with E-state index in [1.54, 1.807) is 72.8 Å². The van der Waals surface area contributed by atoms with Crippen LogP contribution in [0.4, 0.5) is 0 Å². The van der Waals surface area contributed by atoms with E-state index in [-0.39, 0.29) is 23.7 Å². The number of furan rings is 1. The van der Waals surface area contributed by atoms with Crippen LogP contribution < -0.4 is 15.0 Å². The van der Waals surface area contributed by atoms with Gasteiger partial charge >= 0.3 is 5.97 Å². The molecule has 0 aliphatic rings. The zero-order valence-electron chi connectivity index (χ0n) is 22.5. The Morgan fingerprint density at radius 2 is 1.86 bits per heavy atom. The van der Waals surface area contributed by atoms with Crippen molar-refractivity contribution in [2.24, 2.45) is 5.10 Å². The first kappa shape index (κ1) is 28.0. The maximum Gasteiger partial charge on any atom is 0.335 e. The average Bonchev–Trinajstić information content (AvgIpc) is 3.43. The third-order valence-corrected chi connectivity index (χ3v) is 7.04. The first-order valence-electron chi connectivity index (χ1n) is 12.9. The van der Waals surface area contributed by atoms with Crippen LogP contribution in [0, 0.1) is 0 Å². The normalized spacial score (nSPS) is 11.4. The van der Waals surface area contributed by atoms with Crippen molar-refractivity contribution in [1.29, 1.82) is 0 Å². The summed E-state index contributed by atoms with van der Waals surface area (Å²) in [5.74, 6) is 0.0568. The Morgan fingerprint density at radius 1 is 1.02 bits per heavy atom. The highest BCUT2D eigenvalue weighted by Crippen LogP contribution is 2.35. The van der Waals surface area contributed by atoms with Crippen LogP contribution in [-0.2, 0) is 6.61 Å². The first-order valence-corrected chi connectivity index (χ1v) is 13.6. The molecule has 214 valence electrons. The van der Waals surface area contributed by atoms with Gasteiger partial charge in [0.2, 0.25) is 5.82 Å². The molecule has 1 N–H and O–H groups in total. The fourth-order valence-corrected chi connectivity index (χ4v) is 4.97. The van der Waals surface area contributed by atoms with Crippen molar-refractivity contribution >= 4 is 57.3 Å². The Hall–Kier alpha value is -5.12. The molecule has 9 nitrogen and oxygen atoms in total. The molecule has 2 aromatic heterocycles. The summed E-state index contributed by atoms with van der Waals surface area (Å²) in [5, 5.41) is 15.8. The third kappa shape index (κ3) is 5.68. The molecule has 0 fully saturated rings. The molecule has 0 saturated carbocycles. The minimum Gasteiger partial charge on any atom is -0.493 e. The molecule has 0 bridgehead atoms. The van der Waals surface area contributed by atoms with E-state index in [4.69, 9.17) is 42.1 Å². The lowest BCUT2D eigenvalue weighted by atomic mass is 10.1. The van der Waals surface area contributed by atoms with Gasteiger partial charge in [0.25, 0.3) is 5.56 Å². The lowest BCUT2D eigenvalue weighted by Crippen LogP contribution is -2.20. The summed E-state index contributed by atoms with van der Waals surface area (Å²) in [7, 11) is 1.47. The van der Waals surface area contributed by atoms with Gasteiger partial charge in [-0.05, 0) is 60.2 Å². The minimum absolute atomic E-state index is 0.0320. The molecule has 0 saturated heterocycles. The standard InChI is InChI=1S/C32H21Cl2N3O6/c1-41-27-15-23(34)13-21(29(27)42-17-18-5-4-6-19(11-18)32(39)40)16-35-37-30(36-25-8-3-2-7-24(25)31(37)38)28-14-20-12-22(33)9-10-26(20)43-28/h2-16H,17H2,1H3,(H,39,40). The van der Waals surface area contributed by atoms with Gasteiger partial charge in [-0.15, -0.1) is 0 Å². The lowest BCUT2D eigenvalue weighted by molar-refractivity contribution is 0.0696. The van der Waals surface area contributed by atoms with E-state index in [1.165, 1.54) is 25.5 Å². The number of carbonyl (C=O) groups is 1. The quantitative estimate of drug-likeness (QED) is 0.179. The average molecular weight is 614 g/mol. The first-order chi connectivity index (χ1) is 20.8. The van der Waals surface area contributed by atoms with Gasteiger partial charge in [0, 0.05) is 27.1 Å². The predicted octanol–water partition coefficient (Wildman–Crippen LogP) is 7.28. The Morgan fingerprint density at radius 3 is 2.67 bits per heavy atom. The van der Waals surface area contributed by atoms with Crippen LogP contribution in [-0.4, -0.2) is 34.1 Å². The summed E-state index contributed by atoms with van der Waals surface area (Å²) >= 11 is 12.6. The molecule has 6 rings (SSSR count). The van der Waals surface area contributed by atoms with E-state index in [1.807, 2.05) is 0 Å². The highest BCUT2D eigenvalue weighted by molar-refractivity contribution is 6.31. The van der Waals surface area contributed by atoms with Crippen molar-refractivity contribution in [1.82, 2.24) is 9.66 Å². The number of aromatic nitrogens is 2. The maximum absolute atomic E-state index is 13.7. The number of benzene rings is 4. The van der Waals surface area contributed by atoms with Crippen LogP contribution >= 0.6 is 23.2 Å². The number of rotatable bonds is 8. The van der Waals surface area contributed by atoms with Gasteiger partial charge in [-0.25, -0.2) is 9.78 Å². The molecule has 43 heavy (non-hydrogen) atoms. The van der Waals surface area contributed by atoms with Crippen molar-refractivity contribution in [3.05, 3.63) is 122 Å². The van der Waals surface area contributed by atoms with Crippen molar-refractivity contribution < 1.29 is 23.8 Å². The second kappa shape index (κ2) is 11.6. The molecule has 0 aliphatic heterocycles. The number of aromatic carboxylic acids is 1. The summed E-state index contributed by atoms with van der Waals surface area (Å²) in [6.45, 7) is 0.0320. The topological polar surface area (TPSA) is 116 Å². The molecular formula is C32H21Cl2N3O6. The Balaban J connectivity index is 1.46. The number of hydrogen-bond acceptors (Lipinski definition) is 7. The van der Waals surface area contributed by atoms with E-state index in [2.05, 4.69) is 5.10 Å². The fourth-order valence-electron chi connectivity index (χ4n) is 4.58. The summed E-state index contributed by atoms with van der Waals surface area (Å²) in [5.41, 5.74) is 1.79. The SMILES string of the molecule is COc1cc(Cl)cc(C=Nn2c(-c3cc4cc(Cl)ccc4o3)nc3ccccc3c2=O)c1OCc1cccc(C(=O)O)c1. The van der Waals surface area contributed by atoms with Gasteiger partial charge < -0.3 is 19.0 Å². The molecule has 0 unspecified atom stereocenters. The predicted molar refractivity (Wildman–Crippen MR) is 165 cm³/mol. The number of carboxylic acids is 1. The molecule has 4 aromatic carbocycles. The van der Waals surface area contributed by atoms with Crippen LogP contribution in [0.15, 0.2) is 99.2 Å². The van der Waals surface area contributed by atoms with Crippen LogP contribution in [0.3, 0.4) is 0 Å². The zero-order chi connectivity index (χ0) is 30.1. The van der Waals surface area contributed by atoms with E-state index < -0.39 is 11.5 Å². The van der Waals surface area contributed by atoms with Gasteiger partial charge in [0.05, 0.1) is 29.8 Å². The van der Waals surface area contributed by atoms with Crippen molar-refractivity contribution in [3.8, 4) is 23.1 Å². The summed E-state index contributed by atoms with van der Waals surface area (Å²) in [6, 6.07) is 23.5. The number of hydrogen-bond donors (Lipinski definition) is 1. The fraction of sp³-hybridized carbons (Fsp3) is 0.0625. The lowest BCUT2D eigenvalue weighted by Gasteiger charge is -2.14. The highest BCUT2D eigenvalue weighted by Gasteiger charge is 2.18. The Labute approximate surface area is 254 Å². The minimum atomic E-state index is -1.04. The molecule has 0 atom stereocenters. The largest absolute Gasteiger partial charge is 0.493 e. The summed E-state index contributed by atoms with van der Waals surface area (Å²) < 4.78 is 18.8. The molecule has 0 spiro atoms. The summed E-state index contributed by atoms with van der Waals surface area (Å²) in [4.78, 5) is 29.8. The van der Waals surface area contributed by atoms with Gasteiger partial charge in [0.15, 0.2) is 17.3 Å². The monoisotopic (exact) mass is 613 g/mol. The van der Waals surface area contributed by atoms with Crippen molar-refractivity contribution in [2.75, 3.05) is 7.11 Å². The van der Waals surface area contributed by atoms with Gasteiger partial charge in [0.1, 0.15) is 12.2 Å². The molecule has 11 heteroatoms. The number of nitrogens with zero attached hydrogens (tertiary/aromatic N) is 3. The molecule has 6 aromatic rings.